The van der Waals surface area contributed by atoms with Crippen LogP contribution in [0, 0.1) is 0 Å². The van der Waals surface area contributed by atoms with E-state index in [-0.39, 0.29) is 19.0 Å². The lowest BCUT2D eigenvalue weighted by atomic mass is 11.4. The van der Waals surface area contributed by atoms with E-state index < -0.39 is 20.7 Å². The van der Waals surface area contributed by atoms with Gasteiger partial charge in [0.25, 0.3) is 20.7 Å². The van der Waals surface area contributed by atoms with Crippen LogP contribution in [-0.2, 0) is 0 Å². The average Bonchev–Trinajstić information content (AvgIpc) is 1.76. The highest BCUT2D eigenvalue weighted by atomic mass is 32.1. The molecule has 14 N–H and O–H groups in total. The monoisotopic (exact) mass is 360 g/mol. The van der Waals surface area contributed by atoms with Gasteiger partial charge in [-0.3, -0.25) is 0 Å². The van der Waals surface area contributed by atoms with Gasteiger partial charge in [-0.15, -0.1) is 0 Å². The number of aliphatic hydroxyl groups excluding tert-OH is 4. The van der Waals surface area contributed by atoms with Crippen LogP contribution in [0.5, 0.6) is 0 Å². The Kier molecular flexibility index (Phi) is 59.5. The van der Waals surface area contributed by atoms with Gasteiger partial charge in [0.2, 0.25) is 0 Å². The summed E-state index contributed by atoms with van der Waals surface area (Å²) in [5, 5.41) is 28.3. The molecule has 0 aromatic carbocycles. The second-order valence-electron chi connectivity index (χ2n) is 1.35. The zero-order valence-corrected chi connectivity index (χ0v) is 13.0. The van der Waals surface area contributed by atoms with Gasteiger partial charge < -0.3 is 48.8 Å². The minimum atomic E-state index is -0.500. The first-order chi connectivity index (χ1) is 6.93. The van der Waals surface area contributed by atoms with E-state index in [0.29, 0.717) is 0 Å². The quantitative estimate of drug-likeness (QED) is 0.230. The van der Waals surface area contributed by atoms with Gasteiger partial charge in [-0.1, -0.05) is 0 Å². The fourth-order valence-corrected chi connectivity index (χ4v) is 0. The summed E-state index contributed by atoms with van der Waals surface area (Å²) in [6.07, 6.45) is 0. The molecule has 0 unspecified atom stereocenters. The van der Waals surface area contributed by atoms with E-state index in [1.165, 1.54) is 0 Å². The summed E-state index contributed by atoms with van der Waals surface area (Å²) in [5.74, 6) is 0. The molecule has 0 aromatic rings. The normalized spacial score (nSPS) is 5.33. The largest absolute Gasteiger partial charge is 0.487 e. The van der Waals surface area contributed by atoms with Gasteiger partial charge in [0.05, 0.1) is 0 Å². The molecular formula is C4H16N4O5S5. The molecule has 112 valence electrons. The summed E-state index contributed by atoms with van der Waals surface area (Å²) in [4.78, 5) is 0. The number of hydrogen-bond donors (Lipinski definition) is 8. The zero-order valence-electron chi connectivity index (χ0n) is 8.73. The molecule has 0 saturated carbocycles. The highest BCUT2D eigenvalue weighted by Gasteiger charge is 1.58. The first kappa shape index (κ1) is 36.0. The topological polar surface area (TPSA) is 216 Å². The molecular weight excluding hydrogens is 344 g/mol. The van der Waals surface area contributed by atoms with Crippen molar-refractivity contribution in [2.75, 3.05) is 0 Å². The molecule has 0 saturated heterocycles. The zero-order chi connectivity index (χ0) is 14.3. The van der Waals surface area contributed by atoms with Crippen molar-refractivity contribution in [1.29, 1.82) is 0 Å². The maximum atomic E-state index is 7.56. The fourth-order valence-electron chi connectivity index (χ4n) is 0. The van der Waals surface area contributed by atoms with Crippen molar-refractivity contribution in [2.24, 2.45) is 22.9 Å². The Balaban J connectivity index is -0.0000000257. The molecule has 0 aliphatic heterocycles. The smallest absolute Gasteiger partial charge is 0.251 e. The SMILES string of the molecule is NC(O)=S.NC(O)=S.NC(O)=S.NC(O)=S.O.S. The summed E-state index contributed by atoms with van der Waals surface area (Å²) < 4.78 is 0. The van der Waals surface area contributed by atoms with E-state index in [0.717, 1.165) is 0 Å². The molecule has 14 heteroatoms. The third kappa shape index (κ3) is 3450. The van der Waals surface area contributed by atoms with Crippen molar-refractivity contribution in [1.82, 2.24) is 0 Å². The molecule has 0 rings (SSSR count). The van der Waals surface area contributed by atoms with Crippen LogP contribution < -0.4 is 22.9 Å². The van der Waals surface area contributed by atoms with E-state index >= 15 is 0 Å². The van der Waals surface area contributed by atoms with Gasteiger partial charge in [0.15, 0.2) is 0 Å². The standard InChI is InChI=1S/4CH3NOS.H2O.H2S/c4*2-1(3)4;;/h4*(H3,2,3,4);2*1H2. The fraction of sp³-hybridized carbons (Fsp3) is 0. The van der Waals surface area contributed by atoms with Crippen LogP contribution in [0.2, 0.25) is 0 Å². The summed E-state index contributed by atoms with van der Waals surface area (Å²) in [5.41, 5.74) is 17.6. The molecule has 0 spiro atoms. The molecule has 0 fully saturated rings. The van der Waals surface area contributed by atoms with Crippen LogP contribution in [0.3, 0.4) is 0 Å². The highest BCUT2D eigenvalue weighted by Crippen LogP contribution is 1.41. The lowest BCUT2D eigenvalue weighted by Crippen LogP contribution is -2.03. The van der Waals surface area contributed by atoms with Crippen LogP contribution in [-0.4, -0.2) is 46.6 Å². The van der Waals surface area contributed by atoms with Crippen LogP contribution >= 0.6 is 62.4 Å². The van der Waals surface area contributed by atoms with E-state index in [2.05, 4.69) is 71.8 Å². The van der Waals surface area contributed by atoms with Crippen LogP contribution in [0.15, 0.2) is 0 Å². The Morgan fingerprint density at radius 1 is 0.556 bits per heavy atom. The summed E-state index contributed by atoms with van der Waals surface area (Å²) >= 11 is 15.5. The third-order valence-corrected chi connectivity index (χ3v) is 0. The van der Waals surface area contributed by atoms with Gasteiger partial charge >= 0.3 is 0 Å². The molecule has 0 heterocycles. The molecule has 0 amide bonds. The minimum absolute atomic E-state index is 0. The molecule has 0 atom stereocenters. The predicted octanol–water partition coefficient (Wildman–Crippen LogP) is -1.56. The Labute approximate surface area is 131 Å². The number of thiocarbonyl (C=S) groups is 4. The molecule has 0 aliphatic rings. The van der Waals surface area contributed by atoms with Crippen molar-refractivity contribution in [3.63, 3.8) is 0 Å². The molecule has 18 heavy (non-hydrogen) atoms. The number of nitrogens with two attached hydrogens (primary N) is 4. The molecule has 9 nitrogen and oxygen atoms in total. The number of aliphatic hydroxyl groups is 4. The highest BCUT2D eigenvalue weighted by molar-refractivity contribution is 7.80. The van der Waals surface area contributed by atoms with Gasteiger partial charge in [0.1, 0.15) is 0 Å². The number of rotatable bonds is 0. The first-order valence-corrected chi connectivity index (χ1v) is 4.50. The van der Waals surface area contributed by atoms with Gasteiger partial charge in [-0.05, 0) is 48.9 Å². The van der Waals surface area contributed by atoms with Crippen molar-refractivity contribution in [2.45, 2.75) is 0 Å². The molecule has 0 radical (unpaired) electrons. The maximum absolute atomic E-state index is 7.56. The number of hydrogen-bond acceptors (Lipinski definition) is 4. The molecule has 0 aromatic heterocycles. The van der Waals surface area contributed by atoms with E-state index in [4.69, 9.17) is 20.4 Å². The van der Waals surface area contributed by atoms with E-state index in [1.807, 2.05) is 0 Å². The van der Waals surface area contributed by atoms with Crippen LogP contribution in [0.25, 0.3) is 0 Å². The lowest BCUT2D eigenvalue weighted by molar-refractivity contribution is 0.559. The van der Waals surface area contributed by atoms with Crippen LogP contribution in [0.1, 0.15) is 0 Å². The average molecular weight is 361 g/mol. The van der Waals surface area contributed by atoms with Gasteiger partial charge in [0, 0.05) is 0 Å². The molecule has 0 aliphatic carbocycles. The van der Waals surface area contributed by atoms with Crippen molar-refractivity contribution < 1.29 is 25.9 Å². The summed E-state index contributed by atoms with van der Waals surface area (Å²) in [6, 6.07) is 0. The van der Waals surface area contributed by atoms with Crippen molar-refractivity contribution >= 4 is 83.1 Å². The summed E-state index contributed by atoms with van der Waals surface area (Å²) in [7, 11) is 0. The minimum Gasteiger partial charge on any atom is -0.487 e. The Morgan fingerprint density at radius 3 is 0.556 bits per heavy atom. The maximum Gasteiger partial charge on any atom is 0.251 e. The third-order valence-electron chi connectivity index (χ3n) is 0. The summed E-state index contributed by atoms with van der Waals surface area (Å²) in [6.45, 7) is 0. The Bertz CT molecular complexity index is 176. The van der Waals surface area contributed by atoms with Crippen LogP contribution in [0.4, 0.5) is 0 Å². The van der Waals surface area contributed by atoms with Gasteiger partial charge in [-0.2, -0.15) is 13.5 Å². The first-order valence-electron chi connectivity index (χ1n) is 2.87. The Morgan fingerprint density at radius 2 is 0.556 bits per heavy atom. The van der Waals surface area contributed by atoms with Gasteiger partial charge in [-0.25, -0.2) is 0 Å². The van der Waals surface area contributed by atoms with Crippen molar-refractivity contribution in [3.05, 3.63) is 0 Å². The molecule has 0 bridgehead atoms. The predicted molar refractivity (Wildman–Crippen MR) is 91.7 cm³/mol. The van der Waals surface area contributed by atoms with E-state index in [1.54, 1.807) is 0 Å². The van der Waals surface area contributed by atoms with E-state index in [9.17, 15) is 0 Å². The second-order valence-corrected chi connectivity index (χ2v) is 3.03. The lowest BCUT2D eigenvalue weighted by Gasteiger charge is -1.67. The van der Waals surface area contributed by atoms with Crippen molar-refractivity contribution in [3.8, 4) is 0 Å². The Hall–Kier alpha value is -0.930. The second kappa shape index (κ2) is 29.8.